The van der Waals surface area contributed by atoms with Crippen LogP contribution >= 0.6 is 0 Å². The molecular weight excluding hydrogens is 354 g/mol. The summed E-state index contributed by atoms with van der Waals surface area (Å²) in [5, 5.41) is 0. The second-order valence-corrected chi connectivity index (χ2v) is 9.00. The van der Waals surface area contributed by atoms with Crippen molar-refractivity contribution in [1.82, 2.24) is 9.80 Å². The number of ether oxygens (including phenoxy) is 1. The zero-order chi connectivity index (χ0) is 18.7. The Balaban J connectivity index is 1.62. The molecule has 26 heavy (non-hydrogen) atoms. The van der Waals surface area contributed by atoms with Crippen LogP contribution in [0.2, 0.25) is 0 Å². The van der Waals surface area contributed by atoms with E-state index < -0.39 is 9.84 Å². The normalized spacial score (nSPS) is 22.3. The van der Waals surface area contributed by atoms with E-state index in [1.165, 1.54) is 0 Å². The molecule has 1 aromatic carbocycles. The van der Waals surface area contributed by atoms with E-state index in [0.717, 1.165) is 24.5 Å². The molecule has 8 heteroatoms. The van der Waals surface area contributed by atoms with Crippen molar-refractivity contribution in [2.75, 3.05) is 56.2 Å². The number of sulfone groups is 1. The molecule has 0 aromatic heterocycles. The topological polar surface area (TPSA) is 70.2 Å². The number of carbonyl (C=O) groups excluding carboxylic acids is 1. The summed E-state index contributed by atoms with van der Waals surface area (Å²) in [6, 6.07) is 7.65. The van der Waals surface area contributed by atoms with Crippen LogP contribution in [0.25, 0.3) is 0 Å². The molecule has 2 aliphatic rings. The standard InChI is InChI=1S/C18H27N3O4S/c1-3-21(15-8-13-26(23,24)14-15)18(22)20-11-9-19(10-12-20)16-6-4-5-7-17(16)25-2/h4-7,15H,3,8-14H2,1-2H3. The summed E-state index contributed by atoms with van der Waals surface area (Å²) >= 11 is 0. The summed E-state index contributed by atoms with van der Waals surface area (Å²) in [5.74, 6) is 1.11. The van der Waals surface area contributed by atoms with Gasteiger partial charge in [-0.25, -0.2) is 13.2 Å². The van der Waals surface area contributed by atoms with E-state index in [1.807, 2.05) is 36.1 Å². The van der Waals surface area contributed by atoms with E-state index >= 15 is 0 Å². The largest absolute Gasteiger partial charge is 0.495 e. The fourth-order valence-electron chi connectivity index (χ4n) is 3.78. The lowest BCUT2D eigenvalue weighted by atomic mass is 10.2. The Morgan fingerprint density at radius 3 is 2.50 bits per heavy atom. The molecule has 3 rings (SSSR count). The fraction of sp³-hybridized carbons (Fsp3) is 0.611. The smallest absolute Gasteiger partial charge is 0.320 e. The first-order valence-corrected chi connectivity index (χ1v) is 10.9. The predicted molar refractivity (Wildman–Crippen MR) is 102 cm³/mol. The number of amides is 2. The van der Waals surface area contributed by atoms with E-state index in [1.54, 1.807) is 12.0 Å². The van der Waals surface area contributed by atoms with Crippen LogP contribution in [-0.2, 0) is 9.84 Å². The van der Waals surface area contributed by atoms with Crippen molar-refractivity contribution in [3.8, 4) is 5.75 Å². The third-order valence-electron chi connectivity index (χ3n) is 5.21. The van der Waals surface area contributed by atoms with Crippen molar-refractivity contribution in [3.05, 3.63) is 24.3 Å². The predicted octanol–water partition coefficient (Wildman–Crippen LogP) is 1.45. The molecule has 1 unspecified atom stereocenters. The number of hydrogen-bond donors (Lipinski definition) is 0. The number of methoxy groups -OCH3 is 1. The zero-order valence-corrected chi connectivity index (χ0v) is 16.2. The Morgan fingerprint density at radius 1 is 1.23 bits per heavy atom. The van der Waals surface area contributed by atoms with Crippen LogP contribution in [0, 0.1) is 0 Å². The second-order valence-electron chi connectivity index (χ2n) is 6.77. The Bertz CT molecular complexity index is 745. The number of piperazine rings is 1. The minimum atomic E-state index is -3.00. The molecule has 1 atom stereocenters. The van der Waals surface area contributed by atoms with Crippen LogP contribution in [0.3, 0.4) is 0 Å². The summed E-state index contributed by atoms with van der Waals surface area (Å²) in [5.41, 5.74) is 1.04. The Labute approximate surface area is 155 Å². The fourth-order valence-corrected chi connectivity index (χ4v) is 5.51. The first-order valence-electron chi connectivity index (χ1n) is 9.09. The van der Waals surface area contributed by atoms with Gasteiger partial charge in [0, 0.05) is 38.8 Å². The Hall–Kier alpha value is -1.96. The molecule has 0 bridgehead atoms. The minimum absolute atomic E-state index is 0.0470. The molecular formula is C18H27N3O4S. The lowest BCUT2D eigenvalue weighted by molar-refractivity contribution is 0.138. The summed E-state index contributed by atoms with van der Waals surface area (Å²) in [6.07, 6.45) is 0.545. The van der Waals surface area contributed by atoms with Gasteiger partial charge in [0.2, 0.25) is 0 Å². The average molecular weight is 381 g/mol. The molecule has 0 radical (unpaired) electrons. The highest BCUT2D eigenvalue weighted by molar-refractivity contribution is 7.91. The quantitative estimate of drug-likeness (QED) is 0.789. The Kier molecular flexibility index (Phi) is 5.60. The summed E-state index contributed by atoms with van der Waals surface area (Å²) in [7, 11) is -1.34. The lowest BCUT2D eigenvalue weighted by Gasteiger charge is -2.40. The van der Waals surface area contributed by atoms with E-state index in [9.17, 15) is 13.2 Å². The first kappa shape index (κ1) is 18.8. The van der Waals surface area contributed by atoms with Gasteiger partial charge in [-0.3, -0.25) is 0 Å². The van der Waals surface area contributed by atoms with Gasteiger partial charge in [-0.2, -0.15) is 0 Å². The third kappa shape index (κ3) is 3.90. The molecule has 2 fully saturated rings. The summed E-state index contributed by atoms with van der Waals surface area (Å²) < 4.78 is 28.9. The number of carbonyl (C=O) groups is 1. The molecule has 7 nitrogen and oxygen atoms in total. The summed E-state index contributed by atoms with van der Waals surface area (Å²) in [6.45, 7) is 5.14. The second kappa shape index (κ2) is 7.73. The van der Waals surface area contributed by atoms with E-state index in [2.05, 4.69) is 4.90 Å². The molecule has 2 aliphatic heterocycles. The van der Waals surface area contributed by atoms with Gasteiger partial charge in [0.1, 0.15) is 5.75 Å². The first-order chi connectivity index (χ1) is 12.4. The van der Waals surface area contributed by atoms with Crippen molar-refractivity contribution < 1.29 is 17.9 Å². The molecule has 2 saturated heterocycles. The van der Waals surface area contributed by atoms with Crippen molar-refractivity contribution >= 4 is 21.6 Å². The van der Waals surface area contributed by atoms with E-state index in [0.29, 0.717) is 26.1 Å². The minimum Gasteiger partial charge on any atom is -0.495 e. The Morgan fingerprint density at radius 2 is 1.92 bits per heavy atom. The van der Waals surface area contributed by atoms with Gasteiger partial charge >= 0.3 is 6.03 Å². The highest BCUT2D eigenvalue weighted by Gasteiger charge is 2.36. The van der Waals surface area contributed by atoms with Crippen molar-refractivity contribution in [1.29, 1.82) is 0 Å². The molecule has 0 saturated carbocycles. The molecule has 2 heterocycles. The van der Waals surface area contributed by atoms with Crippen LogP contribution in [0.5, 0.6) is 5.75 Å². The van der Waals surface area contributed by atoms with Crippen LogP contribution in [0.1, 0.15) is 13.3 Å². The van der Waals surface area contributed by atoms with Crippen LogP contribution in [0.4, 0.5) is 10.5 Å². The molecule has 1 aromatic rings. The van der Waals surface area contributed by atoms with Gasteiger partial charge in [0.15, 0.2) is 9.84 Å². The number of hydrogen-bond acceptors (Lipinski definition) is 5. The van der Waals surface area contributed by atoms with Crippen molar-refractivity contribution in [2.45, 2.75) is 19.4 Å². The van der Waals surface area contributed by atoms with Gasteiger partial charge in [0.05, 0.1) is 24.3 Å². The highest BCUT2D eigenvalue weighted by atomic mass is 32.2. The SMILES string of the molecule is CCN(C(=O)N1CCN(c2ccccc2OC)CC1)C1CCS(=O)(=O)C1. The summed E-state index contributed by atoms with van der Waals surface area (Å²) in [4.78, 5) is 18.7. The highest BCUT2D eigenvalue weighted by Crippen LogP contribution is 2.28. The maximum atomic E-state index is 12.9. The number of anilines is 1. The third-order valence-corrected chi connectivity index (χ3v) is 6.96. The number of rotatable bonds is 4. The van der Waals surface area contributed by atoms with Gasteiger partial charge < -0.3 is 19.4 Å². The van der Waals surface area contributed by atoms with Gasteiger partial charge in [0.25, 0.3) is 0 Å². The van der Waals surface area contributed by atoms with Gasteiger partial charge in [-0.1, -0.05) is 12.1 Å². The van der Waals surface area contributed by atoms with E-state index in [-0.39, 0.29) is 23.6 Å². The van der Waals surface area contributed by atoms with Crippen LogP contribution in [-0.4, -0.2) is 81.6 Å². The van der Waals surface area contributed by atoms with Crippen molar-refractivity contribution in [3.63, 3.8) is 0 Å². The van der Waals surface area contributed by atoms with Crippen molar-refractivity contribution in [2.24, 2.45) is 0 Å². The van der Waals surface area contributed by atoms with Gasteiger partial charge in [-0.15, -0.1) is 0 Å². The monoisotopic (exact) mass is 381 g/mol. The maximum Gasteiger partial charge on any atom is 0.320 e. The molecule has 0 N–H and O–H groups in total. The van der Waals surface area contributed by atoms with E-state index in [4.69, 9.17) is 4.74 Å². The lowest BCUT2D eigenvalue weighted by Crippen LogP contribution is -2.55. The molecule has 144 valence electrons. The number of benzene rings is 1. The van der Waals surface area contributed by atoms with Crippen LogP contribution < -0.4 is 9.64 Å². The number of para-hydroxylation sites is 2. The zero-order valence-electron chi connectivity index (χ0n) is 15.4. The maximum absolute atomic E-state index is 12.9. The molecule has 2 amide bonds. The number of urea groups is 1. The average Bonchev–Trinajstić information content (AvgIpc) is 3.02. The number of nitrogens with zero attached hydrogens (tertiary/aromatic N) is 3. The van der Waals surface area contributed by atoms with Crippen LogP contribution in [0.15, 0.2) is 24.3 Å². The van der Waals surface area contributed by atoms with Gasteiger partial charge in [-0.05, 0) is 25.5 Å². The molecule has 0 aliphatic carbocycles. The molecule has 0 spiro atoms.